The third-order valence-electron chi connectivity index (χ3n) is 4.62. The second kappa shape index (κ2) is 7.41. The van der Waals surface area contributed by atoms with E-state index in [1.54, 1.807) is 4.90 Å². The fourth-order valence-electron chi connectivity index (χ4n) is 3.14. The highest BCUT2D eigenvalue weighted by Crippen LogP contribution is 2.35. The van der Waals surface area contributed by atoms with Gasteiger partial charge in [-0.1, -0.05) is 29.8 Å². The van der Waals surface area contributed by atoms with Crippen molar-refractivity contribution in [2.45, 2.75) is 34.2 Å². The standard InChI is InChI=1S/C20H23N3O2S/c1-5-22(6-2)16(24)11-23-12-21-19-18(20(23)25)17(14(4)26-19)15-9-7-13(3)8-10-15/h7-10,12H,5-6,11H2,1-4H3. The Morgan fingerprint density at radius 3 is 2.42 bits per heavy atom. The van der Waals surface area contributed by atoms with Crippen molar-refractivity contribution in [2.75, 3.05) is 13.1 Å². The summed E-state index contributed by atoms with van der Waals surface area (Å²) in [5, 5.41) is 0.603. The fourth-order valence-corrected chi connectivity index (χ4v) is 4.14. The smallest absolute Gasteiger partial charge is 0.263 e. The van der Waals surface area contributed by atoms with Crippen molar-refractivity contribution in [2.24, 2.45) is 0 Å². The highest BCUT2D eigenvalue weighted by Gasteiger charge is 2.18. The average Bonchev–Trinajstić information content (AvgIpc) is 2.96. The number of benzene rings is 1. The molecule has 0 saturated heterocycles. The average molecular weight is 369 g/mol. The Labute approximate surface area is 156 Å². The largest absolute Gasteiger partial charge is 0.342 e. The number of thiophene rings is 1. The Balaban J connectivity index is 2.11. The molecule has 0 spiro atoms. The van der Waals surface area contributed by atoms with E-state index in [-0.39, 0.29) is 18.0 Å². The molecule has 5 nitrogen and oxygen atoms in total. The molecule has 136 valence electrons. The third kappa shape index (κ3) is 3.29. The van der Waals surface area contributed by atoms with Gasteiger partial charge in [0.15, 0.2) is 0 Å². The topological polar surface area (TPSA) is 55.2 Å². The molecule has 0 aliphatic heterocycles. The fraction of sp³-hybridized carbons (Fsp3) is 0.350. The summed E-state index contributed by atoms with van der Waals surface area (Å²) in [4.78, 5) is 33.4. The van der Waals surface area contributed by atoms with Crippen LogP contribution in [0.4, 0.5) is 0 Å². The highest BCUT2D eigenvalue weighted by atomic mass is 32.1. The van der Waals surface area contributed by atoms with Gasteiger partial charge in [-0.05, 0) is 33.3 Å². The molecule has 2 aromatic heterocycles. The second-order valence-electron chi connectivity index (χ2n) is 6.32. The van der Waals surface area contributed by atoms with E-state index in [0.717, 1.165) is 20.8 Å². The number of amides is 1. The van der Waals surface area contributed by atoms with Crippen molar-refractivity contribution in [3.8, 4) is 11.1 Å². The zero-order chi connectivity index (χ0) is 18.8. The molecule has 0 N–H and O–H groups in total. The molecule has 1 amide bonds. The molecule has 0 radical (unpaired) electrons. The number of hydrogen-bond donors (Lipinski definition) is 0. The van der Waals surface area contributed by atoms with Crippen molar-refractivity contribution >= 4 is 27.5 Å². The zero-order valence-electron chi connectivity index (χ0n) is 15.6. The molecule has 3 rings (SSSR count). The van der Waals surface area contributed by atoms with Crippen LogP contribution in [0.25, 0.3) is 21.3 Å². The summed E-state index contributed by atoms with van der Waals surface area (Å²) >= 11 is 1.52. The Kier molecular flexibility index (Phi) is 5.23. The van der Waals surface area contributed by atoms with E-state index >= 15 is 0 Å². The van der Waals surface area contributed by atoms with Gasteiger partial charge in [0.1, 0.15) is 11.4 Å². The van der Waals surface area contributed by atoms with Gasteiger partial charge in [-0.3, -0.25) is 14.2 Å². The molecule has 3 aromatic rings. The molecule has 26 heavy (non-hydrogen) atoms. The minimum absolute atomic E-state index is 0.0195. The van der Waals surface area contributed by atoms with Crippen molar-refractivity contribution < 1.29 is 4.79 Å². The number of carbonyl (C=O) groups excluding carboxylic acids is 1. The first-order chi connectivity index (χ1) is 12.5. The predicted molar refractivity (Wildman–Crippen MR) is 107 cm³/mol. The van der Waals surface area contributed by atoms with E-state index in [4.69, 9.17) is 0 Å². The predicted octanol–water partition coefficient (Wildman–Crippen LogP) is 3.61. The summed E-state index contributed by atoms with van der Waals surface area (Å²) in [5.41, 5.74) is 2.94. The Bertz CT molecular complexity index is 998. The molecule has 0 aliphatic rings. The lowest BCUT2D eigenvalue weighted by molar-refractivity contribution is -0.131. The van der Waals surface area contributed by atoms with Gasteiger partial charge >= 0.3 is 0 Å². The number of likely N-dealkylation sites (N-methyl/N-ethyl adjacent to an activating group) is 1. The molecule has 0 saturated carbocycles. The Morgan fingerprint density at radius 1 is 1.15 bits per heavy atom. The van der Waals surface area contributed by atoms with Crippen LogP contribution in [0.1, 0.15) is 24.3 Å². The molecule has 1 aromatic carbocycles. The molecule has 2 heterocycles. The molecule has 0 atom stereocenters. The number of aromatic nitrogens is 2. The van der Waals surface area contributed by atoms with Gasteiger partial charge < -0.3 is 4.90 Å². The van der Waals surface area contributed by atoms with Gasteiger partial charge in [0, 0.05) is 23.5 Å². The molecule has 0 aliphatic carbocycles. The molecular weight excluding hydrogens is 346 g/mol. The number of hydrogen-bond acceptors (Lipinski definition) is 4. The first kappa shape index (κ1) is 18.3. The normalized spacial score (nSPS) is 11.1. The van der Waals surface area contributed by atoms with E-state index < -0.39 is 0 Å². The summed E-state index contributed by atoms with van der Waals surface area (Å²) in [6.45, 7) is 9.19. The monoisotopic (exact) mass is 369 g/mol. The lowest BCUT2D eigenvalue weighted by Gasteiger charge is -2.18. The minimum atomic E-state index is -0.157. The van der Waals surface area contributed by atoms with Crippen LogP contribution in [-0.4, -0.2) is 33.4 Å². The number of fused-ring (bicyclic) bond motifs is 1. The van der Waals surface area contributed by atoms with Crippen LogP contribution in [0.5, 0.6) is 0 Å². The van der Waals surface area contributed by atoms with Gasteiger partial charge in [0.05, 0.1) is 11.7 Å². The molecule has 6 heteroatoms. The summed E-state index contributed by atoms with van der Waals surface area (Å²) in [6.07, 6.45) is 1.49. The van der Waals surface area contributed by atoms with E-state index in [9.17, 15) is 9.59 Å². The summed E-state index contributed by atoms with van der Waals surface area (Å²) < 4.78 is 1.42. The lowest BCUT2D eigenvalue weighted by Crippen LogP contribution is -2.36. The first-order valence-electron chi connectivity index (χ1n) is 8.79. The van der Waals surface area contributed by atoms with Crippen LogP contribution in [0.15, 0.2) is 35.4 Å². The van der Waals surface area contributed by atoms with Crippen molar-refractivity contribution in [1.29, 1.82) is 0 Å². The van der Waals surface area contributed by atoms with Gasteiger partial charge in [0.2, 0.25) is 5.91 Å². The SMILES string of the molecule is CCN(CC)C(=O)Cn1cnc2sc(C)c(-c3ccc(C)cc3)c2c1=O. The van der Waals surface area contributed by atoms with E-state index in [1.165, 1.54) is 27.8 Å². The second-order valence-corrected chi connectivity index (χ2v) is 7.53. The van der Waals surface area contributed by atoms with Gasteiger partial charge in [-0.25, -0.2) is 4.98 Å². The third-order valence-corrected chi connectivity index (χ3v) is 5.63. The van der Waals surface area contributed by atoms with Crippen molar-refractivity contribution in [3.05, 3.63) is 51.4 Å². The minimum Gasteiger partial charge on any atom is -0.342 e. The summed E-state index contributed by atoms with van der Waals surface area (Å²) in [7, 11) is 0. The molecular formula is C20H23N3O2S. The number of carbonyl (C=O) groups is 1. The van der Waals surface area contributed by atoms with Gasteiger partial charge in [-0.15, -0.1) is 11.3 Å². The lowest BCUT2D eigenvalue weighted by atomic mass is 10.0. The van der Waals surface area contributed by atoms with Crippen LogP contribution in [-0.2, 0) is 11.3 Å². The van der Waals surface area contributed by atoms with Crippen molar-refractivity contribution in [1.82, 2.24) is 14.5 Å². The van der Waals surface area contributed by atoms with Crippen molar-refractivity contribution in [3.63, 3.8) is 0 Å². The van der Waals surface area contributed by atoms with Crippen LogP contribution < -0.4 is 5.56 Å². The van der Waals surface area contributed by atoms with Gasteiger partial charge in [0.25, 0.3) is 5.56 Å². The van der Waals surface area contributed by atoms with Gasteiger partial charge in [-0.2, -0.15) is 0 Å². The molecule has 0 bridgehead atoms. The first-order valence-corrected chi connectivity index (χ1v) is 9.61. The number of rotatable bonds is 5. The highest BCUT2D eigenvalue weighted by molar-refractivity contribution is 7.19. The quantitative estimate of drug-likeness (QED) is 0.690. The molecule has 0 fully saturated rings. The summed E-state index contributed by atoms with van der Waals surface area (Å²) in [5.74, 6) is -0.0675. The van der Waals surface area contributed by atoms with Crippen LogP contribution >= 0.6 is 11.3 Å². The number of aryl methyl sites for hydroxylation is 2. The maximum atomic E-state index is 13.1. The van der Waals surface area contributed by atoms with E-state index in [1.807, 2.05) is 52.0 Å². The van der Waals surface area contributed by atoms with E-state index in [0.29, 0.717) is 18.5 Å². The summed E-state index contributed by atoms with van der Waals surface area (Å²) in [6, 6.07) is 8.14. The number of nitrogens with zero attached hydrogens (tertiary/aromatic N) is 3. The Hall–Kier alpha value is -2.47. The Morgan fingerprint density at radius 2 is 1.81 bits per heavy atom. The molecule has 0 unspecified atom stereocenters. The van der Waals surface area contributed by atoms with Crippen LogP contribution in [0.3, 0.4) is 0 Å². The van der Waals surface area contributed by atoms with Crippen LogP contribution in [0.2, 0.25) is 0 Å². The van der Waals surface area contributed by atoms with Crippen LogP contribution in [0, 0.1) is 13.8 Å². The zero-order valence-corrected chi connectivity index (χ0v) is 16.4. The maximum Gasteiger partial charge on any atom is 0.263 e. The van der Waals surface area contributed by atoms with E-state index in [2.05, 4.69) is 4.98 Å². The maximum absolute atomic E-state index is 13.1.